The van der Waals surface area contributed by atoms with Gasteiger partial charge in [-0.15, -0.1) is 0 Å². The van der Waals surface area contributed by atoms with Crippen LogP contribution in [0.5, 0.6) is 0 Å². The van der Waals surface area contributed by atoms with Crippen molar-refractivity contribution in [1.29, 1.82) is 0 Å². The zero-order valence-corrected chi connectivity index (χ0v) is 12.9. The fourth-order valence-corrected chi connectivity index (χ4v) is 2.21. The molecule has 3 N–H and O–H groups in total. The summed E-state index contributed by atoms with van der Waals surface area (Å²) in [5.74, 6) is -0.351. The summed E-state index contributed by atoms with van der Waals surface area (Å²) in [6.07, 6.45) is 2.59. The molecule has 1 aromatic heterocycles. The number of nitrogen functional groups attached to an aromatic ring is 1. The van der Waals surface area contributed by atoms with Crippen LogP contribution in [-0.2, 0) is 0 Å². The summed E-state index contributed by atoms with van der Waals surface area (Å²) < 4.78 is 14.1. The highest BCUT2D eigenvalue weighted by Crippen LogP contribution is 2.29. The lowest BCUT2D eigenvalue weighted by molar-refractivity contribution is 0.273. The number of fused-ring (bicyclic) bond motifs is 1. The zero-order valence-electron chi connectivity index (χ0n) is 12.9. The molecule has 0 aliphatic carbocycles. The lowest BCUT2D eigenvalue weighted by Crippen LogP contribution is -2.28. The van der Waals surface area contributed by atoms with Crippen molar-refractivity contribution in [2.75, 3.05) is 31.2 Å². The monoisotopic (exact) mass is 290 g/mol. The first kappa shape index (κ1) is 15.5. The van der Waals surface area contributed by atoms with Crippen molar-refractivity contribution in [3.63, 3.8) is 0 Å². The van der Waals surface area contributed by atoms with E-state index in [1.165, 1.54) is 6.07 Å². The lowest BCUT2D eigenvalue weighted by Gasteiger charge is -2.21. The molecule has 0 atom stereocenters. The predicted octanol–water partition coefficient (Wildman–Crippen LogP) is 3.10. The maximum absolute atomic E-state index is 14.1. The Hall–Kier alpha value is -1.88. The first-order chi connectivity index (χ1) is 10.0. The normalized spacial score (nSPS) is 11.5. The van der Waals surface area contributed by atoms with Gasteiger partial charge in [-0.2, -0.15) is 0 Å². The maximum Gasteiger partial charge on any atom is 0.150 e. The van der Waals surface area contributed by atoms with Gasteiger partial charge in [0.25, 0.3) is 0 Å². The van der Waals surface area contributed by atoms with E-state index in [1.54, 1.807) is 12.3 Å². The zero-order chi connectivity index (χ0) is 15.4. The summed E-state index contributed by atoms with van der Waals surface area (Å²) in [5, 5.41) is 3.94. The van der Waals surface area contributed by atoms with Crippen molar-refractivity contribution in [1.82, 2.24) is 9.88 Å². The van der Waals surface area contributed by atoms with Gasteiger partial charge in [0.1, 0.15) is 0 Å². The highest BCUT2D eigenvalue weighted by atomic mass is 19.1. The quantitative estimate of drug-likeness (QED) is 0.634. The van der Waals surface area contributed by atoms with Crippen molar-refractivity contribution in [3.05, 3.63) is 30.2 Å². The Balaban J connectivity index is 2.09. The van der Waals surface area contributed by atoms with Crippen LogP contribution in [0, 0.1) is 5.82 Å². The van der Waals surface area contributed by atoms with E-state index in [9.17, 15) is 4.39 Å². The molecular formula is C16H23FN4. The third-order valence-electron chi connectivity index (χ3n) is 3.75. The second-order valence-electron chi connectivity index (χ2n) is 5.58. The van der Waals surface area contributed by atoms with Gasteiger partial charge < -0.3 is 16.0 Å². The highest BCUT2D eigenvalue weighted by molar-refractivity contribution is 5.98. The first-order valence-corrected chi connectivity index (χ1v) is 7.27. The van der Waals surface area contributed by atoms with Gasteiger partial charge in [0.2, 0.25) is 0 Å². The van der Waals surface area contributed by atoms with Crippen LogP contribution >= 0.6 is 0 Å². The Morgan fingerprint density at radius 3 is 2.90 bits per heavy atom. The molecule has 114 valence electrons. The highest BCUT2D eigenvalue weighted by Gasteiger charge is 2.11. The van der Waals surface area contributed by atoms with E-state index in [4.69, 9.17) is 5.73 Å². The summed E-state index contributed by atoms with van der Waals surface area (Å²) in [4.78, 5) is 6.51. The average molecular weight is 290 g/mol. The number of aromatic nitrogens is 1. The summed E-state index contributed by atoms with van der Waals surface area (Å²) in [6, 6.07) is 5.53. The maximum atomic E-state index is 14.1. The third kappa shape index (κ3) is 3.61. The van der Waals surface area contributed by atoms with Crippen LogP contribution in [0.25, 0.3) is 10.9 Å². The van der Waals surface area contributed by atoms with Gasteiger partial charge in [0.05, 0.1) is 11.2 Å². The number of rotatable bonds is 6. The van der Waals surface area contributed by atoms with Gasteiger partial charge in [-0.05, 0) is 52.1 Å². The molecule has 0 amide bonds. The molecule has 0 bridgehead atoms. The van der Waals surface area contributed by atoms with Gasteiger partial charge in [0, 0.05) is 29.9 Å². The standard InChI is InChI=1S/C16H23FN4/c1-11(2)21(3)9-5-8-20-16-13(17)10-14(18)12-6-4-7-19-15(12)16/h4,6-7,10-11,20H,5,8-9,18H2,1-3H3. The number of anilines is 2. The number of nitrogens with one attached hydrogen (secondary N) is 1. The minimum absolute atomic E-state index is 0.351. The molecule has 0 spiro atoms. The molecule has 0 fully saturated rings. The topological polar surface area (TPSA) is 54.2 Å². The van der Waals surface area contributed by atoms with E-state index in [2.05, 4.69) is 36.1 Å². The second kappa shape index (κ2) is 6.72. The summed E-state index contributed by atoms with van der Waals surface area (Å²) in [5.41, 5.74) is 7.28. The van der Waals surface area contributed by atoms with Gasteiger partial charge in [-0.3, -0.25) is 4.98 Å². The van der Waals surface area contributed by atoms with Crippen molar-refractivity contribution < 1.29 is 4.39 Å². The van der Waals surface area contributed by atoms with Crippen molar-refractivity contribution in [2.45, 2.75) is 26.3 Å². The number of nitrogens with zero attached hydrogens (tertiary/aromatic N) is 2. The van der Waals surface area contributed by atoms with Crippen LogP contribution in [-0.4, -0.2) is 36.1 Å². The number of benzene rings is 1. The Morgan fingerprint density at radius 2 is 2.19 bits per heavy atom. The average Bonchev–Trinajstić information content (AvgIpc) is 2.46. The molecule has 0 aliphatic rings. The van der Waals surface area contributed by atoms with E-state index in [1.807, 2.05) is 6.07 Å². The summed E-state index contributed by atoms with van der Waals surface area (Å²) >= 11 is 0. The SMILES string of the molecule is CC(C)N(C)CCCNc1c(F)cc(N)c2cccnc12. The van der Waals surface area contributed by atoms with Crippen molar-refractivity contribution in [3.8, 4) is 0 Å². The Morgan fingerprint density at radius 1 is 1.43 bits per heavy atom. The molecule has 4 nitrogen and oxygen atoms in total. The molecule has 0 unspecified atom stereocenters. The summed E-state index contributed by atoms with van der Waals surface area (Å²) in [6.45, 7) is 5.98. The minimum Gasteiger partial charge on any atom is -0.398 e. The van der Waals surface area contributed by atoms with Crippen LogP contribution in [0.1, 0.15) is 20.3 Å². The third-order valence-corrected chi connectivity index (χ3v) is 3.75. The largest absolute Gasteiger partial charge is 0.398 e. The van der Waals surface area contributed by atoms with E-state index in [-0.39, 0.29) is 5.82 Å². The molecule has 5 heteroatoms. The molecule has 0 aliphatic heterocycles. The minimum atomic E-state index is -0.351. The number of halogens is 1. The van der Waals surface area contributed by atoms with E-state index in [0.29, 0.717) is 29.5 Å². The Bertz CT molecular complexity index is 612. The van der Waals surface area contributed by atoms with Crippen LogP contribution < -0.4 is 11.1 Å². The molecule has 2 rings (SSSR count). The smallest absolute Gasteiger partial charge is 0.150 e. The van der Waals surface area contributed by atoms with Crippen LogP contribution in [0.3, 0.4) is 0 Å². The van der Waals surface area contributed by atoms with Crippen molar-refractivity contribution in [2.24, 2.45) is 0 Å². The molecule has 2 aromatic rings. The lowest BCUT2D eigenvalue weighted by atomic mass is 10.1. The molecular weight excluding hydrogens is 267 g/mol. The van der Waals surface area contributed by atoms with Gasteiger partial charge in [0.15, 0.2) is 5.82 Å². The fourth-order valence-electron chi connectivity index (χ4n) is 2.21. The molecule has 21 heavy (non-hydrogen) atoms. The molecule has 1 heterocycles. The number of hydrogen-bond donors (Lipinski definition) is 2. The van der Waals surface area contributed by atoms with Crippen LogP contribution in [0.15, 0.2) is 24.4 Å². The number of nitrogens with two attached hydrogens (primary N) is 1. The first-order valence-electron chi connectivity index (χ1n) is 7.27. The molecule has 0 saturated heterocycles. The van der Waals surface area contributed by atoms with Gasteiger partial charge >= 0.3 is 0 Å². The fraction of sp³-hybridized carbons (Fsp3) is 0.438. The van der Waals surface area contributed by atoms with E-state index < -0.39 is 0 Å². The van der Waals surface area contributed by atoms with Crippen molar-refractivity contribution >= 4 is 22.3 Å². The van der Waals surface area contributed by atoms with Gasteiger partial charge in [-0.25, -0.2) is 4.39 Å². The van der Waals surface area contributed by atoms with Crippen LogP contribution in [0.2, 0.25) is 0 Å². The summed E-state index contributed by atoms with van der Waals surface area (Å²) in [7, 11) is 2.09. The molecule has 1 aromatic carbocycles. The Kier molecular flexibility index (Phi) is 4.96. The number of hydrogen-bond acceptors (Lipinski definition) is 4. The molecule has 0 radical (unpaired) electrons. The van der Waals surface area contributed by atoms with E-state index in [0.717, 1.165) is 18.4 Å². The second-order valence-corrected chi connectivity index (χ2v) is 5.58. The predicted molar refractivity (Wildman–Crippen MR) is 87.0 cm³/mol. The van der Waals surface area contributed by atoms with Gasteiger partial charge in [-0.1, -0.05) is 0 Å². The van der Waals surface area contributed by atoms with E-state index >= 15 is 0 Å². The number of pyridine rings is 1. The van der Waals surface area contributed by atoms with Crippen LogP contribution in [0.4, 0.5) is 15.8 Å². The Labute approximate surface area is 125 Å². The molecule has 0 saturated carbocycles.